The van der Waals surface area contributed by atoms with Crippen LogP contribution in [0.2, 0.25) is 0 Å². The van der Waals surface area contributed by atoms with E-state index < -0.39 is 0 Å². The quantitative estimate of drug-likeness (QED) is 0.333. The predicted octanol–water partition coefficient (Wildman–Crippen LogP) is 6.70. The molecule has 1 N–H and O–H groups in total. The smallest absolute Gasteiger partial charge is 0.120 e. The maximum atomic E-state index is 9.79. The van der Waals surface area contributed by atoms with E-state index in [1.54, 1.807) is 32.4 Å². The van der Waals surface area contributed by atoms with Gasteiger partial charge in [-0.1, -0.05) is 43.0 Å². The van der Waals surface area contributed by atoms with Crippen LogP contribution in [0.15, 0.2) is 92.0 Å². The molecular weight excluding hydrogens is 400 g/mol. The summed E-state index contributed by atoms with van der Waals surface area (Å²) in [6.07, 6.45) is 4.19. The van der Waals surface area contributed by atoms with Crippen molar-refractivity contribution in [1.82, 2.24) is 0 Å². The molecule has 0 atom stereocenters. The van der Waals surface area contributed by atoms with Crippen molar-refractivity contribution < 1.29 is 19.3 Å². The van der Waals surface area contributed by atoms with E-state index in [0.29, 0.717) is 18.8 Å². The first kappa shape index (κ1) is 22.8. The molecule has 0 saturated heterocycles. The normalized spacial score (nSPS) is 10.2. The second-order valence-corrected chi connectivity index (χ2v) is 7.12. The number of hydrogen-bond donors (Lipinski definition) is 1. The van der Waals surface area contributed by atoms with Gasteiger partial charge < -0.3 is 19.3 Å². The number of rotatable bonds is 7. The highest BCUT2D eigenvalue weighted by molar-refractivity contribution is 5.89. The number of fused-ring (bicyclic) bond motifs is 2. The first-order chi connectivity index (χ1) is 15.6. The van der Waals surface area contributed by atoms with Crippen LogP contribution in [-0.2, 0) is 6.42 Å². The highest BCUT2D eigenvalue weighted by Crippen LogP contribution is 2.30. The lowest BCUT2D eigenvalue weighted by molar-refractivity contribution is 0.364. The summed E-state index contributed by atoms with van der Waals surface area (Å²) < 4.78 is 15.8. The number of methoxy groups -OCH3 is 2. The van der Waals surface area contributed by atoms with Crippen LogP contribution >= 0.6 is 0 Å². The summed E-state index contributed by atoms with van der Waals surface area (Å²) in [5.74, 6) is 2.87. The fourth-order valence-electron chi connectivity index (χ4n) is 3.42. The Balaban J connectivity index is 0.000000181. The Morgan fingerprint density at radius 1 is 0.719 bits per heavy atom. The van der Waals surface area contributed by atoms with E-state index in [1.165, 1.54) is 0 Å². The summed E-state index contributed by atoms with van der Waals surface area (Å²) in [5.41, 5.74) is 0.912. The Morgan fingerprint density at radius 3 is 1.91 bits per heavy atom. The fourth-order valence-corrected chi connectivity index (χ4v) is 3.42. The predicted molar refractivity (Wildman–Crippen MR) is 132 cm³/mol. The van der Waals surface area contributed by atoms with Gasteiger partial charge >= 0.3 is 0 Å². The molecule has 0 aromatic heterocycles. The van der Waals surface area contributed by atoms with Gasteiger partial charge in [0.2, 0.25) is 0 Å². The second kappa shape index (κ2) is 10.9. The van der Waals surface area contributed by atoms with Crippen molar-refractivity contribution in [3.05, 3.63) is 97.6 Å². The van der Waals surface area contributed by atoms with Crippen molar-refractivity contribution in [1.29, 1.82) is 0 Å². The van der Waals surface area contributed by atoms with Crippen LogP contribution in [0.5, 0.6) is 23.0 Å². The van der Waals surface area contributed by atoms with Crippen molar-refractivity contribution in [2.24, 2.45) is 0 Å². The van der Waals surface area contributed by atoms with Gasteiger partial charge in [-0.05, 0) is 70.4 Å². The highest BCUT2D eigenvalue weighted by atomic mass is 16.5. The van der Waals surface area contributed by atoms with E-state index in [0.717, 1.165) is 44.4 Å². The zero-order chi connectivity index (χ0) is 22.9. The molecule has 0 heterocycles. The molecule has 4 nitrogen and oxygen atoms in total. The largest absolute Gasteiger partial charge is 0.508 e. The van der Waals surface area contributed by atoms with Gasteiger partial charge in [0, 0.05) is 5.56 Å². The van der Waals surface area contributed by atoms with Crippen LogP contribution in [-0.4, -0.2) is 25.9 Å². The Morgan fingerprint density at radius 2 is 1.28 bits per heavy atom. The van der Waals surface area contributed by atoms with E-state index in [4.69, 9.17) is 14.2 Å². The molecule has 0 fully saturated rings. The van der Waals surface area contributed by atoms with Crippen LogP contribution in [0.3, 0.4) is 0 Å². The van der Waals surface area contributed by atoms with E-state index in [2.05, 4.69) is 13.2 Å². The third kappa shape index (κ3) is 5.41. The first-order valence-electron chi connectivity index (χ1n) is 10.3. The molecule has 0 spiro atoms. The van der Waals surface area contributed by atoms with Gasteiger partial charge in [-0.15, -0.1) is 6.58 Å². The van der Waals surface area contributed by atoms with Gasteiger partial charge in [0.05, 0.1) is 14.2 Å². The average Bonchev–Trinajstić information content (AvgIpc) is 2.84. The summed E-state index contributed by atoms with van der Waals surface area (Å²) in [6.45, 7) is 7.85. The molecular formula is C28H28O4. The minimum atomic E-state index is 0.317. The number of aromatic hydroxyl groups is 1. The monoisotopic (exact) mass is 428 g/mol. The van der Waals surface area contributed by atoms with Crippen LogP contribution in [0.1, 0.15) is 5.56 Å². The Hall–Kier alpha value is -3.92. The molecule has 0 amide bonds. The summed E-state index contributed by atoms with van der Waals surface area (Å²) in [6, 6.07) is 21.4. The number of hydrogen-bond acceptors (Lipinski definition) is 4. The molecule has 0 saturated carbocycles. The summed E-state index contributed by atoms with van der Waals surface area (Å²) in [4.78, 5) is 0. The van der Waals surface area contributed by atoms with E-state index in [9.17, 15) is 5.11 Å². The topological polar surface area (TPSA) is 47.9 Å². The van der Waals surface area contributed by atoms with Crippen LogP contribution in [0.4, 0.5) is 0 Å². The van der Waals surface area contributed by atoms with E-state index in [-0.39, 0.29) is 0 Å². The number of allylic oxidation sites excluding steroid dienone is 1. The standard InChI is InChI=1S/2C14H14O2/c1-3-8-16-14-7-5-11-9-13(15-2)6-4-12(11)10-14;1-3-4-13-12-7-6-11(16-2)9-10(12)5-8-14(13)15/h3-7,9-10H,1,8H2,2H3;3,5-9,15H,1,4H2,2H3. The van der Waals surface area contributed by atoms with Crippen molar-refractivity contribution in [2.75, 3.05) is 20.8 Å². The molecule has 0 radical (unpaired) electrons. The molecule has 0 aliphatic carbocycles. The molecule has 32 heavy (non-hydrogen) atoms. The molecule has 4 aromatic carbocycles. The van der Waals surface area contributed by atoms with Crippen LogP contribution in [0.25, 0.3) is 21.5 Å². The molecule has 0 unspecified atom stereocenters. The molecule has 0 aliphatic heterocycles. The van der Waals surface area contributed by atoms with Gasteiger partial charge in [-0.3, -0.25) is 0 Å². The first-order valence-corrected chi connectivity index (χ1v) is 10.3. The second-order valence-electron chi connectivity index (χ2n) is 7.12. The fraction of sp³-hybridized carbons (Fsp3) is 0.143. The maximum Gasteiger partial charge on any atom is 0.120 e. The van der Waals surface area contributed by atoms with E-state index in [1.807, 2.05) is 60.7 Å². The summed E-state index contributed by atoms with van der Waals surface area (Å²) >= 11 is 0. The van der Waals surface area contributed by atoms with Crippen LogP contribution < -0.4 is 14.2 Å². The minimum absolute atomic E-state index is 0.317. The SMILES string of the molecule is C=CCOc1ccc2cc(OC)ccc2c1.C=CCc1c(O)ccc2cc(OC)ccc12. The number of phenolic OH excluding ortho intramolecular Hbond substituents is 1. The van der Waals surface area contributed by atoms with E-state index >= 15 is 0 Å². The maximum absolute atomic E-state index is 9.79. The zero-order valence-corrected chi connectivity index (χ0v) is 18.5. The molecule has 4 heteroatoms. The third-order valence-corrected chi connectivity index (χ3v) is 5.05. The van der Waals surface area contributed by atoms with Crippen LogP contribution in [0, 0.1) is 0 Å². The van der Waals surface area contributed by atoms with Gasteiger partial charge in [0.25, 0.3) is 0 Å². The lowest BCUT2D eigenvalue weighted by Gasteiger charge is -2.08. The van der Waals surface area contributed by atoms with Gasteiger partial charge in [-0.2, -0.15) is 0 Å². The van der Waals surface area contributed by atoms with Crippen molar-refractivity contribution in [3.8, 4) is 23.0 Å². The van der Waals surface area contributed by atoms with Crippen molar-refractivity contribution in [2.45, 2.75) is 6.42 Å². The average molecular weight is 429 g/mol. The summed E-state index contributed by atoms with van der Waals surface area (Å²) in [5, 5.41) is 14.2. The number of ether oxygens (including phenoxy) is 3. The lowest BCUT2D eigenvalue weighted by atomic mass is 10.0. The minimum Gasteiger partial charge on any atom is -0.508 e. The van der Waals surface area contributed by atoms with Gasteiger partial charge in [-0.25, -0.2) is 0 Å². The third-order valence-electron chi connectivity index (χ3n) is 5.05. The number of benzene rings is 4. The lowest BCUT2D eigenvalue weighted by Crippen LogP contribution is -1.92. The van der Waals surface area contributed by atoms with Gasteiger partial charge in [0.15, 0.2) is 0 Å². The number of phenols is 1. The Labute approximate surface area is 189 Å². The molecule has 4 aromatic rings. The highest BCUT2D eigenvalue weighted by Gasteiger charge is 2.06. The van der Waals surface area contributed by atoms with Gasteiger partial charge in [0.1, 0.15) is 29.6 Å². The molecule has 0 bridgehead atoms. The molecule has 0 aliphatic rings. The molecule has 164 valence electrons. The van der Waals surface area contributed by atoms with Crippen molar-refractivity contribution in [3.63, 3.8) is 0 Å². The Kier molecular flexibility index (Phi) is 7.76. The molecule has 4 rings (SSSR count). The zero-order valence-electron chi connectivity index (χ0n) is 18.5. The van der Waals surface area contributed by atoms with Crippen molar-refractivity contribution >= 4 is 21.5 Å². The Bertz CT molecular complexity index is 1230. The summed E-state index contributed by atoms with van der Waals surface area (Å²) in [7, 11) is 3.31.